The van der Waals surface area contributed by atoms with E-state index < -0.39 is 72.3 Å². The van der Waals surface area contributed by atoms with Crippen LogP contribution >= 0.6 is 15.6 Å². The molecule has 0 bridgehead atoms. The number of unbranched alkanes of at least 4 members (excludes halogenated alkanes) is 18. The molecule has 0 heterocycles. The quantitative estimate of drug-likeness (QED) is 0.0127. The molecule has 0 aromatic rings. The molecule has 0 rings (SSSR count). The van der Waals surface area contributed by atoms with Crippen LogP contribution in [0.5, 0.6) is 0 Å². The van der Waals surface area contributed by atoms with E-state index in [-0.39, 0.29) is 12.8 Å². The topological polar surface area (TPSA) is 216 Å². The highest BCUT2D eigenvalue weighted by Gasteiger charge is 2.28. The van der Waals surface area contributed by atoms with Crippen molar-refractivity contribution in [3.63, 3.8) is 0 Å². The molecule has 0 amide bonds. The smallest absolute Gasteiger partial charge is 0.462 e. The van der Waals surface area contributed by atoms with Gasteiger partial charge in [-0.3, -0.25) is 23.2 Å². The monoisotopic (exact) mass is 897 g/mol. The van der Waals surface area contributed by atoms with Gasteiger partial charge in [-0.15, -0.1) is 0 Å². The average Bonchev–Trinajstić information content (AvgIpc) is 3.18. The Balaban J connectivity index is 4.53. The summed E-state index contributed by atoms with van der Waals surface area (Å²) in [6.07, 6.45) is 33.3. The van der Waals surface area contributed by atoms with Gasteiger partial charge in [-0.1, -0.05) is 166 Å². The van der Waals surface area contributed by atoms with Gasteiger partial charge < -0.3 is 34.4 Å². The average molecular weight is 897 g/mol. The van der Waals surface area contributed by atoms with Gasteiger partial charge in [-0.25, -0.2) is 9.13 Å². The number of hydrogen-bond acceptors (Lipinski definition) is 11. The van der Waals surface area contributed by atoms with Gasteiger partial charge in [0.15, 0.2) is 6.10 Å². The summed E-state index contributed by atoms with van der Waals surface area (Å²) in [5, 5.41) is 19.6. The maximum atomic E-state index is 12.7. The number of aliphatic hydroxyl groups is 2. The Morgan fingerprint density at radius 1 is 0.583 bits per heavy atom. The molecule has 352 valence electrons. The minimum absolute atomic E-state index is 0.0860. The summed E-state index contributed by atoms with van der Waals surface area (Å²) in [6, 6.07) is 0. The van der Waals surface area contributed by atoms with Gasteiger partial charge in [0.2, 0.25) is 0 Å². The molecule has 0 saturated heterocycles. The van der Waals surface area contributed by atoms with Crippen molar-refractivity contribution in [2.75, 3.05) is 26.4 Å². The number of carbonyl (C=O) groups is 2. The predicted octanol–water partition coefficient (Wildman–Crippen LogP) is 10.5. The number of rotatable bonds is 42. The number of aliphatic hydroxyl groups excluding tert-OH is 2. The van der Waals surface area contributed by atoms with Crippen molar-refractivity contribution in [3.05, 3.63) is 36.5 Å². The first-order valence-corrected chi connectivity index (χ1v) is 25.7. The fourth-order valence-electron chi connectivity index (χ4n) is 6.10. The number of phosphoric ester groups is 2. The molecule has 0 fully saturated rings. The van der Waals surface area contributed by atoms with Crippen molar-refractivity contribution in [2.24, 2.45) is 5.92 Å². The summed E-state index contributed by atoms with van der Waals surface area (Å²) < 4.78 is 47.8. The van der Waals surface area contributed by atoms with Crippen molar-refractivity contribution in [2.45, 2.75) is 200 Å². The molecule has 0 saturated carbocycles. The Kier molecular flexibility index (Phi) is 37.8. The second-order valence-electron chi connectivity index (χ2n) is 16.0. The van der Waals surface area contributed by atoms with Gasteiger partial charge in [0.1, 0.15) is 12.7 Å². The molecular weight excluding hydrogens is 814 g/mol. The predicted molar refractivity (Wildman–Crippen MR) is 236 cm³/mol. The summed E-state index contributed by atoms with van der Waals surface area (Å²) in [6.45, 7) is 3.85. The summed E-state index contributed by atoms with van der Waals surface area (Å²) in [5.74, 6) is -0.273. The van der Waals surface area contributed by atoms with Crippen molar-refractivity contribution in [1.29, 1.82) is 0 Å². The lowest BCUT2D eigenvalue weighted by atomic mass is 10.0. The first-order chi connectivity index (χ1) is 28.6. The SMILES string of the molecule is CC/C=C/CC(O)/C=C/C=C/CCCCCCCC(=O)O[C@H](COC(=O)CCCCCCCCCCCCCCCCC(C)C)COP(=O)(O)OC[C@@H](O)COP(=O)(O)O. The van der Waals surface area contributed by atoms with Crippen molar-refractivity contribution in [3.8, 4) is 0 Å². The minimum atomic E-state index is -4.87. The third-order valence-electron chi connectivity index (χ3n) is 9.54. The molecule has 0 spiro atoms. The number of carbonyl (C=O) groups excluding carboxylic acids is 2. The second kappa shape index (κ2) is 38.9. The maximum absolute atomic E-state index is 12.7. The third kappa shape index (κ3) is 43.0. The molecule has 0 aliphatic heterocycles. The van der Waals surface area contributed by atoms with Crippen LogP contribution in [0.3, 0.4) is 0 Å². The molecule has 60 heavy (non-hydrogen) atoms. The molecule has 0 radical (unpaired) electrons. The van der Waals surface area contributed by atoms with E-state index in [0.717, 1.165) is 63.7 Å². The fraction of sp³-hybridized carbons (Fsp3) is 0.818. The van der Waals surface area contributed by atoms with Crippen LogP contribution in [0.25, 0.3) is 0 Å². The van der Waals surface area contributed by atoms with Gasteiger partial charge in [0.25, 0.3) is 0 Å². The summed E-state index contributed by atoms with van der Waals surface area (Å²) in [5.41, 5.74) is 0. The number of hydrogen-bond donors (Lipinski definition) is 5. The number of esters is 2. The van der Waals surface area contributed by atoms with E-state index in [9.17, 15) is 33.8 Å². The number of allylic oxidation sites excluding steroid dienone is 4. The molecule has 14 nitrogen and oxygen atoms in total. The Morgan fingerprint density at radius 3 is 1.63 bits per heavy atom. The van der Waals surface area contributed by atoms with Gasteiger partial charge in [-0.2, -0.15) is 0 Å². The van der Waals surface area contributed by atoms with E-state index in [1.54, 1.807) is 6.08 Å². The van der Waals surface area contributed by atoms with Crippen LogP contribution in [0.1, 0.15) is 181 Å². The lowest BCUT2D eigenvalue weighted by Gasteiger charge is -2.20. The molecule has 4 atom stereocenters. The van der Waals surface area contributed by atoms with Gasteiger partial charge in [0.05, 0.1) is 25.9 Å². The highest BCUT2D eigenvalue weighted by Crippen LogP contribution is 2.43. The standard InChI is InChI=1S/C44H82O14P2/c1-4-5-25-31-40(45)32-27-22-18-14-12-16-20-24-29-34-44(48)58-42(38-57-60(52,53)56-36-41(46)35-55-59(49,50)51)37-54-43(47)33-28-23-19-15-11-9-7-6-8-10-13-17-21-26-30-39(2)3/h5,18,22,25,27,32,39-42,45-46H,4,6-17,19-21,23-24,26,28-31,33-38H2,1-3H3,(H,52,53)(H2,49,50,51)/b22-18+,25-5+,32-27+/t40?,41-,42+/m0/s1. The number of ether oxygens (including phenoxy) is 2. The normalized spacial score (nSPS) is 14.9. The lowest BCUT2D eigenvalue weighted by Crippen LogP contribution is -2.30. The first-order valence-electron chi connectivity index (χ1n) is 22.6. The zero-order valence-electron chi connectivity index (χ0n) is 37.1. The molecule has 5 N–H and O–H groups in total. The Hall–Kier alpha value is -1.70. The highest BCUT2D eigenvalue weighted by molar-refractivity contribution is 7.47. The van der Waals surface area contributed by atoms with E-state index in [2.05, 4.69) is 29.0 Å². The van der Waals surface area contributed by atoms with E-state index >= 15 is 0 Å². The van der Waals surface area contributed by atoms with Crippen LogP contribution < -0.4 is 0 Å². The molecule has 0 aromatic carbocycles. The summed E-state index contributed by atoms with van der Waals surface area (Å²) in [4.78, 5) is 52.7. The summed E-state index contributed by atoms with van der Waals surface area (Å²) >= 11 is 0. The van der Waals surface area contributed by atoms with Crippen LogP contribution in [-0.4, -0.2) is 81.6 Å². The Labute approximate surface area is 361 Å². The zero-order chi connectivity index (χ0) is 44.7. The van der Waals surface area contributed by atoms with Crippen LogP contribution in [0, 0.1) is 5.92 Å². The molecule has 0 aliphatic carbocycles. The molecule has 0 aromatic heterocycles. The molecule has 0 aliphatic rings. The van der Waals surface area contributed by atoms with Crippen LogP contribution in [-0.2, 0) is 41.8 Å². The Bertz CT molecular complexity index is 1240. The summed E-state index contributed by atoms with van der Waals surface area (Å²) in [7, 11) is -9.70. The van der Waals surface area contributed by atoms with E-state index in [4.69, 9.17) is 23.8 Å². The van der Waals surface area contributed by atoms with Crippen molar-refractivity contribution >= 4 is 27.6 Å². The lowest BCUT2D eigenvalue weighted by molar-refractivity contribution is -0.161. The highest BCUT2D eigenvalue weighted by atomic mass is 31.2. The fourth-order valence-corrected chi connectivity index (χ4v) is 7.25. The van der Waals surface area contributed by atoms with Gasteiger partial charge in [0, 0.05) is 12.8 Å². The molecule has 16 heteroatoms. The van der Waals surface area contributed by atoms with Gasteiger partial charge >= 0.3 is 27.6 Å². The van der Waals surface area contributed by atoms with Gasteiger partial charge in [-0.05, 0) is 44.4 Å². The molecule has 2 unspecified atom stereocenters. The second-order valence-corrected chi connectivity index (χ2v) is 18.7. The number of phosphoric acid groups is 2. The Morgan fingerprint density at radius 2 is 1.08 bits per heavy atom. The molecular formula is C44H82O14P2. The van der Waals surface area contributed by atoms with E-state index in [1.165, 1.54) is 70.6 Å². The van der Waals surface area contributed by atoms with Crippen LogP contribution in [0.2, 0.25) is 0 Å². The maximum Gasteiger partial charge on any atom is 0.472 e. The minimum Gasteiger partial charge on any atom is -0.462 e. The largest absolute Gasteiger partial charge is 0.472 e. The first kappa shape index (κ1) is 58.3. The zero-order valence-corrected chi connectivity index (χ0v) is 38.9. The van der Waals surface area contributed by atoms with Crippen molar-refractivity contribution in [1.82, 2.24) is 0 Å². The van der Waals surface area contributed by atoms with E-state index in [1.807, 2.05) is 31.2 Å². The van der Waals surface area contributed by atoms with Crippen LogP contribution in [0.15, 0.2) is 36.5 Å². The third-order valence-corrected chi connectivity index (χ3v) is 11.0. The van der Waals surface area contributed by atoms with E-state index in [0.29, 0.717) is 19.3 Å². The van der Waals surface area contributed by atoms with Crippen LogP contribution in [0.4, 0.5) is 0 Å². The van der Waals surface area contributed by atoms with Crippen molar-refractivity contribution < 1.29 is 66.7 Å².